The number of carbonyl (C=O) groups excluding carboxylic acids is 7. The molecular formula is C42H67N3O7. The number of piperidine rings is 2. The van der Waals surface area contributed by atoms with E-state index >= 15 is 0 Å². The smallest absolute Gasteiger partial charge is 0.287 e. The third kappa shape index (κ3) is 10.2. The molecule has 0 aromatic carbocycles. The Balaban J connectivity index is 1.55. The Labute approximate surface area is 312 Å². The molecule has 3 heterocycles. The zero-order chi connectivity index (χ0) is 38.6. The van der Waals surface area contributed by atoms with Crippen LogP contribution in [0, 0.1) is 45.8 Å². The van der Waals surface area contributed by atoms with E-state index < -0.39 is 29.6 Å². The number of likely N-dealkylation sites (tertiary alicyclic amines) is 1. The molecule has 52 heavy (non-hydrogen) atoms. The van der Waals surface area contributed by atoms with Crippen LogP contribution in [0.4, 0.5) is 0 Å². The third-order valence-electron chi connectivity index (χ3n) is 12.8. The minimum atomic E-state index is -0.716. The summed E-state index contributed by atoms with van der Waals surface area (Å²) in [7, 11) is 0. The van der Waals surface area contributed by atoms with Crippen LogP contribution in [0.2, 0.25) is 0 Å². The Morgan fingerprint density at radius 2 is 1.44 bits per heavy atom. The molecule has 3 saturated heterocycles. The summed E-state index contributed by atoms with van der Waals surface area (Å²) in [6.07, 6.45) is 8.94. The summed E-state index contributed by atoms with van der Waals surface area (Å²) >= 11 is 0. The van der Waals surface area contributed by atoms with Crippen molar-refractivity contribution in [1.29, 1.82) is 0 Å². The molecule has 10 nitrogen and oxygen atoms in total. The Hall–Kier alpha value is -2.91. The van der Waals surface area contributed by atoms with E-state index in [9.17, 15) is 33.6 Å². The molecule has 0 spiro atoms. The number of imide groups is 1. The number of carbonyl (C=O) groups is 7. The third-order valence-corrected chi connectivity index (χ3v) is 12.8. The van der Waals surface area contributed by atoms with E-state index in [0.717, 1.165) is 44.9 Å². The van der Waals surface area contributed by atoms with E-state index in [0.29, 0.717) is 32.4 Å². The average molecular weight is 726 g/mol. The van der Waals surface area contributed by atoms with Gasteiger partial charge >= 0.3 is 0 Å². The van der Waals surface area contributed by atoms with Crippen molar-refractivity contribution in [2.24, 2.45) is 45.8 Å². The van der Waals surface area contributed by atoms with E-state index in [1.807, 2.05) is 41.5 Å². The fraction of sp³-hybridized carbons (Fsp3) is 0.833. The normalized spacial score (nSPS) is 29.3. The van der Waals surface area contributed by atoms with Crippen molar-refractivity contribution in [2.45, 2.75) is 158 Å². The van der Waals surface area contributed by atoms with Crippen molar-refractivity contribution in [2.75, 3.05) is 19.6 Å². The molecule has 0 unspecified atom stereocenters. The minimum absolute atomic E-state index is 0.0151. The zero-order valence-electron chi connectivity index (χ0n) is 33.4. The highest BCUT2D eigenvalue weighted by atomic mass is 16.2. The van der Waals surface area contributed by atoms with Gasteiger partial charge in [-0.25, -0.2) is 0 Å². The van der Waals surface area contributed by atoms with E-state index in [4.69, 9.17) is 0 Å². The molecule has 3 aliphatic heterocycles. The van der Waals surface area contributed by atoms with Crippen LogP contribution in [0.1, 0.15) is 152 Å². The number of hydrogen-bond acceptors (Lipinski definition) is 7. The average Bonchev–Trinajstić information content (AvgIpc) is 3.35. The van der Waals surface area contributed by atoms with E-state index in [-0.39, 0.29) is 102 Å². The molecule has 4 rings (SSSR count). The highest BCUT2D eigenvalue weighted by Gasteiger charge is 2.69. The SMILES string of the molecule is CCCNC(=O)C(=O)[C@H]1CCCCCCCCC[C@H](CC(=O)C[C@H](CN2C(=O)CC(C)(C)CC2=O)C(C)(C)C)C(=O)N2C[C@H]3[C@@H]([C@H]2C(=O)C1)C3(C)C. The van der Waals surface area contributed by atoms with Crippen LogP contribution in [0.15, 0.2) is 0 Å². The Morgan fingerprint density at radius 3 is 2.02 bits per heavy atom. The fourth-order valence-electron chi connectivity index (χ4n) is 9.21. The molecule has 10 heteroatoms. The van der Waals surface area contributed by atoms with Crippen molar-refractivity contribution < 1.29 is 33.6 Å². The summed E-state index contributed by atoms with van der Waals surface area (Å²) in [6.45, 7) is 17.1. The second-order valence-electron chi connectivity index (χ2n) is 19.1. The maximum atomic E-state index is 14.6. The summed E-state index contributed by atoms with van der Waals surface area (Å²) in [5.41, 5.74) is -0.860. The van der Waals surface area contributed by atoms with Gasteiger partial charge in [0, 0.05) is 63.6 Å². The van der Waals surface area contributed by atoms with E-state index in [1.54, 1.807) is 4.90 Å². The highest BCUT2D eigenvalue weighted by molar-refractivity contribution is 6.37. The zero-order valence-corrected chi connectivity index (χ0v) is 33.4. The molecule has 4 amide bonds. The Bertz CT molecular complexity index is 1360. The monoisotopic (exact) mass is 725 g/mol. The van der Waals surface area contributed by atoms with Gasteiger partial charge in [-0.1, -0.05) is 100 Å². The molecule has 0 aromatic heterocycles. The van der Waals surface area contributed by atoms with Crippen LogP contribution in [-0.2, 0) is 33.6 Å². The fourth-order valence-corrected chi connectivity index (χ4v) is 9.21. The van der Waals surface area contributed by atoms with Gasteiger partial charge in [0.1, 0.15) is 5.78 Å². The predicted octanol–water partition coefficient (Wildman–Crippen LogP) is 6.47. The first kappa shape index (κ1) is 41.8. The molecule has 1 aliphatic carbocycles. The van der Waals surface area contributed by atoms with Crippen molar-refractivity contribution in [3.8, 4) is 0 Å². The molecule has 0 bridgehead atoms. The summed E-state index contributed by atoms with van der Waals surface area (Å²) in [5.74, 6) is -3.38. The largest absolute Gasteiger partial charge is 0.350 e. The number of ketones is 3. The van der Waals surface area contributed by atoms with Gasteiger partial charge in [0.05, 0.1) is 6.04 Å². The second kappa shape index (κ2) is 17.0. The maximum absolute atomic E-state index is 14.6. The molecular weight excluding hydrogens is 658 g/mol. The van der Waals surface area contributed by atoms with E-state index in [1.165, 1.54) is 4.90 Å². The standard InChI is InChI=1S/C42H67N3O7/c1-9-19-43-38(51)37(50)27-17-15-13-11-10-12-14-16-18-28(39(52)45-26-31-35(42(31,7)8)36(45)32(47)21-27)20-30(46)22-29(40(2,3)4)25-44-33(48)23-41(5,6)24-34(44)49/h27-29,31,35-36H,9-26H2,1-8H3,(H,43,51)/t27-,28+,29+,31-,35-,36+/m0/s1. The Kier molecular flexibility index (Phi) is 13.7. The summed E-state index contributed by atoms with van der Waals surface area (Å²) < 4.78 is 0. The van der Waals surface area contributed by atoms with Gasteiger partial charge in [-0.15, -0.1) is 0 Å². The number of hydrogen-bond donors (Lipinski definition) is 1. The van der Waals surface area contributed by atoms with Gasteiger partial charge in [0.2, 0.25) is 23.5 Å². The van der Waals surface area contributed by atoms with Gasteiger partial charge < -0.3 is 10.2 Å². The van der Waals surface area contributed by atoms with Gasteiger partial charge in [-0.05, 0) is 53.3 Å². The number of nitrogens with one attached hydrogen (secondary N) is 1. The van der Waals surface area contributed by atoms with Crippen LogP contribution < -0.4 is 5.32 Å². The van der Waals surface area contributed by atoms with Gasteiger partial charge in [0.25, 0.3) is 5.91 Å². The lowest BCUT2D eigenvalue weighted by molar-refractivity contribution is -0.154. The molecule has 1 N–H and O–H groups in total. The lowest BCUT2D eigenvalue weighted by atomic mass is 9.75. The maximum Gasteiger partial charge on any atom is 0.287 e. The molecule has 0 aromatic rings. The highest BCUT2D eigenvalue weighted by Crippen LogP contribution is 2.65. The summed E-state index contributed by atoms with van der Waals surface area (Å²) in [6, 6.07) is -0.672. The number of rotatable bonds is 10. The molecule has 4 aliphatic rings. The number of Topliss-reactive ketones (excluding diaryl/α,β-unsaturated/α-hetero) is 3. The van der Waals surface area contributed by atoms with Crippen LogP contribution in [0.3, 0.4) is 0 Å². The molecule has 6 atom stereocenters. The first-order chi connectivity index (χ1) is 24.3. The predicted molar refractivity (Wildman–Crippen MR) is 200 cm³/mol. The number of nitrogens with zero attached hydrogens (tertiary/aromatic N) is 2. The van der Waals surface area contributed by atoms with Gasteiger partial charge in [-0.3, -0.25) is 38.5 Å². The van der Waals surface area contributed by atoms with E-state index in [2.05, 4.69) is 19.2 Å². The van der Waals surface area contributed by atoms with Crippen molar-refractivity contribution in [3.05, 3.63) is 0 Å². The van der Waals surface area contributed by atoms with Crippen molar-refractivity contribution >= 4 is 41.0 Å². The van der Waals surface area contributed by atoms with Crippen LogP contribution >= 0.6 is 0 Å². The van der Waals surface area contributed by atoms with Crippen molar-refractivity contribution in [1.82, 2.24) is 15.1 Å². The van der Waals surface area contributed by atoms with Crippen LogP contribution in [0.5, 0.6) is 0 Å². The van der Waals surface area contributed by atoms with Gasteiger partial charge in [-0.2, -0.15) is 0 Å². The first-order valence-electron chi connectivity index (χ1n) is 20.3. The summed E-state index contributed by atoms with van der Waals surface area (Å²) in [4.78, 5) is 98.1. The number of amides is 4. The first-order valence-corrected chi connectivity index (χ1v) is 20.3. The quantitative estimate of drug-likeness (QED) is 0.201. The molecule has 4 fully saturated rings. The minimum Gasteiger partial charge on any atom is -0.350 e. The van der Waals surface area contributed by atoms with Crippen LogP contribution in [-0.4, -0.2) is 76.5 Å². The lowest BCUT2D eigenvalue weighted by Gasteiger charge is -2.39. The second-order valence-corrected chi connectivity index (χ2v) is 19.1. The molecule has 292 valence electrons. The number of fused-ring (bicyclic) bond motifs is 3. The summed E-state index contributed by atoms with van der Waals surface area (Å²) in [5, 5.41) is 2.69. The topological polar surface area (TPSA) is 138 Å². The van der Waals surface area contributed by atoms with Crippen LogP contribution in [0.25, 0.3) is 0 Å². The van der Waals surface area contributed by atoms with Crippen molar-refractivity contribution in [3.63, 3.8) is 0 Å². The molecule has 0 radical (unpaired) electrons. The van der Waals surface area contributed by atoms with Gasteiger partial charge in [0.15, 0.2) is 5.78 Å². The Morgan fingerprint density at radius 1 is 0.865 bits per heavy atom. The lowest BCUT2D eigenvalue weighted by Crippen LogP contribution is -2.50. The molecule has 1 saturated carbocycles.